The van der Waals surface area contributed by atoms with Crippen molar-refractivity contribution < 1.29 is 132 Å². The van der Waals surface area contributed by atoms with Crippen molar-refractivity contribution in [3.05, 3.63) is 22.3 Å². The van der Waals surface area contributed by atoms with Gasteiger partial charge in [0.2, 0.25) is 0 Å². The molecule has 0 aromatic heterocycles. The van der Waals surface area contributed by atoms with Crippen LogP contribution in [0.2, 0.25) is 0 Å². The number of hydrogen-bond acceptors (Lipinski definition) is 2. The Morgan fingerprint density at radius 1 is 0.265 bits per heavy atom. The van der Waals surface area contributed by atoms with Gasteiger partial charge >= 0.3 is 66.2 Å². The van der Waals surface area contributed by atoms with Crippen LogP contribution in [-0.4, -0.2) is 41.7 Å². The number of anilines is 2. The zero-order valence-electron chi connectivity index (χ0n) is 20.7. The molecule has 0 aliphatic carbocycles. The minimum absolute atomic E-state index is 4.03. The normalized spacial score (nSPS) is 15.6. The van der Waals surface area contributed by atoms with E-state index in [1.807, 2.05) is 0 Å². The summed E-state index contributed by atoms with van der Waals surface area (Å²) in [6.07, 6.45) is -31.9. The third-order valence-electron chi connectivity index (χ3n) is 5.67. The van der Waals surface area contributed by atoms with E-state index in [1.165, 1.54) is 0 Å². The molecular weight excluding hydrogens is 802 g/mol. The van der Waals surface area contributed by atoms with Gasteiger partial charge in [-0.15, -0.1) is 0 Å². The van der Waals surface area contributed by atoms with Crippen LogP contribution in [-0.2, 0) is 24.5 Å². The smallest absolute Gasteiger partial charge is 0.194 e. The minimum Gasteiger partial charge on any atom is -0.194 e. The lowest BCUT2D eigenvalue weighted by Crippen LogP contribution is -2.74. The van der Waals surface area contributed by atoms with E-state index in [9.17, 15) is 132 Å². The summed E-state index contributed by atoms with van der Waals surface area (Å²) in [5, 5.41) is -8.06. The maximum atomic E-state index is 14.8. The van der Waals surface area contributed by atoms with Crippen molar-refractivity contribution in [1.29, 1.82) is 0 Å². The maximum absolute atomic E-state index is 14.8. The third kappa shape index (κ3) is 6.09. The van der Waals surface area contributed by atoms with Crippen LogP contribution in [0.4, 0.5) is 143 Å². The molecule has 0 heterocycles. The molecule has 0 saturated carbocycles. The van der Waals surface area contributed by atoms with Gasteiger partial charge in [0, 0.05) is 0 Å². The molecule has 0 radical (unpaired) electrons. The van der Waals surface area contributed by atoms with Crippen LogP contribution in [0.5, 0.6) is 0 Å². The Hall–Kier alpha value is -3.28. The summed E-state index contributed by atoms with van der Waals surface area (Å²) in [7, 11) is 0. The highest BCUT2D eigenvalue weighted by Gasteiger charge is 2.95. The van der Waals surface area contributed by atoms with E-state index in [-0.39, 0.29) is 0 Å². The summed E-state index contributed by atoms with van der Waals surface area (Å²) in [4.78, 5) is 0. The molecule has 0 bridgehead atoms. The molecule has 0 fully saturated rings. The highest BCUT2D eigenvalue weighted by Crippen LogP contribution is 2.68. The number of hydrogen-bond donors (Lipinski definition) is 0. The molecule has 0 N–H and O–H groups in total. The van der Waals surface area contributed by atoms with Crippen molar-refractivity contribution in [3.63, 3.8) is 0 Å². The van der Waals surface area contributed by atoms with Gasteiger partial charge in [0.1, 0.15) is 16.9 Å². The first kappa shape index (κ1) is 43.7. The summed E-state index contributed by atoms with van der Waals surface area (Å²) in [6, 6.07) is 0. The fraction of sp³-hybridized carbons (Fsp3) is 0.647. The molecule has 0 aliphatic heterocycles. The molecule has 2 nitrogen and oxygen atoms in total. The summed E-state index contributed by atoms with van der Waals surface area (Å²) < 4.78 is 405. The van der Waals surface area contributed by atoms with E-state index in [0.29, 0.717) is 0 Å². The van der Waals surface area contributed by atoms with Gasteiger partial charge in [0.25, 0.3) is 0 Å². The second-order valence-corrected chi connectivity index (χ2v) is 8.67. The van der Waals surface area contributed by atoms with Crippen LogP contribution in [0.15, 0.2) is 0 Å². The second kappa shape index (κ2) is 11.4. The largest absolute Gasteiger partial charge is 0.460 e. The lowest BCUT2D eigenvalue weighted by atomic mass is 9.82. The summed E-state index contributed by atoms with van der Waals surface area (Å²) in [5.41, 5.74) is -31.3. The molecule has 0 spiro atoms. The van der Waals surface area contributed by atoms with E-state index < -0.39 is 110 Å². The van der Waals surface area contributed by atoms with E-state index >= 15 is 0 Å². The average Bonchev–Trinajstić information content (AvgIpc) is 2.83. The van der Waals surface area contributed by atoms with Crippen LogP contribution in [0, 0.1) is 0 Å². The van der Waals surface area contributed by atoms with Gasteiger partial charge in [-0.25, -0.2) is 0 Å². The number of alkyl halides is 26. The Kier molecular flexibility index (Phi) is 10.1. The quantitative estimate of drug-likeness (QED) is 0.181. The van der Waals surface area contributed by atoms with Crippen molar-refractivity contribution >= 4 is 11.4 Å². The monoisotopic (exact) mass is 802 g/mol. The highest BCUT2D eigenvalue weighted by molar-refractivity contribution is 5.78. The molecular formula is C17F30N2. The SMILES string of the molecule is FN(F)c1c(C(F)(F)F)c(N(F)F)c(C(F)(F)F)c(C(F)(F)C(F)(F)C(F)(F)C(F)(F)C(F)(F)C(F)(F)C(F)(F)C(F)(F)F)c1C(F)(F)F. The predicted octanol–water partition coefficient (Wildman–Crippen LogP) is 11.4. The Labute approximate surface area is 244 Å². The predicted molar refractivity (Wildman–Crippen MR) is 90.5 cm³/mol. The molecule has 0 saturated heterocycles. The number of rotatable bonds is 9. The first-order valence-electron chi connectivity index (χ1n) is 10.3. The van der Waals surface area contributed by atoms with Gasteiger partial charge in [0.05, 0.1) is 16.7 Å². The Morgan fingerprint density at radius 3 is 0.694 bits per heavy atom. The standard InChI is InChI=1S/C17F30N2/c18-7(19,11(29,30)12(31,32)13(33,34)14(35,36)15(37,38)16(39,40)17(41,42)43)1-2(8(20,21)22)5(48(44)45)4(10(26,27)28)6(49(46)47)3(1)9(23,24)25. The van der Waals surface area contributed by atoms with E-state index in [0.717, 1.165) is 0 Å². The topological polar surface area (TPSA) is 6.48 Å². The molecule has 0 atom stereocenters. The lowest BCUT2D eigenvalue weighted by molar-refractivity contribution is -0.462. The zero-order chi connectivity index (χ0) is 40.1. The Bertz CT molecular complexity index is 1340. The molecule has 1 aromatic carbocycles. The molecule has 0 amide bonds. The maximum Gasteiger partial charge on any atom is 0.460 e. The van der Waals surface area contributed by atoms with Crippen molar-refractivity contribution in [2.75, 3.05) is 10.7 Å². The van der Waals surface area contributed by atoms with E-state index in [1.54, 1.807) is 0 Å². The zero-order valence-corrected chi connectivity index (χ0v) is 20.7. The van der Waals surface area contributed by atoms with Gasteiger partial charge < -0.3 is 0 Å². The first-order chi connectivity index (χ1) is 20.9. The minimum atomic E-state index is -9.76. The molecule has 32 heteroatoms. The van der Waals surface area contributed by atoms with Crippen LogP contribution < -0.4 is 10.7 Å². The second-order valence-electron chi connectivity index (χ2n) is 8.67. The van der Waals surface area contributed by atoms with Gasteiger partial charge in [-0.05, 0) is 10.7 Å². The van der Waals surface area contributed by atoms with Gasteiger partial charge in [-0.2, -0.15) is 114 Å². The molecule has 1 aromatic rings. The Balaban J connectivity index is 4.75. The van der Waals surface area contributed by atoms with Gasteiger partial charge in [0.15, 0.2) is 0 Å². The summed E-state index contributed by atoms with van der Waals surface area (Å²) >= 11 is 0. The van der Waals surface area contributed by atoms with Crippen LogP contribution >= 0.6 is 0 Å². The molecule has 0 aliphatic rings. The third-order valence-corrected chi connectivity index (χ3v) is 5.67. The van der Waals surface area contributed by atoms with E-state index in [2.05, 4.69) is 0 Å². The number of halogens is 30. The Morgan fingerprint density at radius 2 is 0.490 bits per heavy atom. The summed E-state index contributed by atoms with van der Waals surface area (Å²) in [6.45, 7) is 0. The molecule has 1 rings (SSSR count). The average molecular weight is 802 g/mol. The van der Waals surface area contributed by atoms with Crippen LogP contribution in [0.25, 0.3) is 0 Å². The molecule has 49 heavy (non-hydrogen) atoms. The van der Waals surface area contributed by atoms with Crippen molar-refractivity contribution in [2.24, 2.45) is 0 Å². The lowest BCUT2D eigenvalue weighted by Gasteiger charge is -2.43. The molecule has 0 unspecified atom stereocenters. The van der Waals surface area contributed by atoms with E-state index in [4.69, 9.17) is 0 Å². The number of nitrogens with zero attached hydrogens (tertiary/aromatic N) is 2. The number of benzene rings is 1. The van der Waals surface area contributed by atoms with Gasteiger partial charge in [-0.3, -0.25) is 0 Å². The molecule has 288 valence electrons. The van der Waals surface area contributed by atoms with Gasteiger partial charge in [-0.1, -0.05) is 17.9 Å². The van der Waals surface area contributed by atoms with Crippen molar-refractivity contribution in [3.8, 4) is 0 Å². The van der Waals surface area contributed by atoms with Crippen molar-refractivity contribution in [1.82, 2.24) is 0 Å². The fourth-order valence-electron chi connectivity index (χ4n) is 3.52. The fourth-order valence-corrected chi connectivity index (χ4v) is 3.52. The van der Waals surface area contributed by atoms with Crippen LogP contribution in [0.1, 0.15) is 22.3 Å². The summed E-state index contributed by atoms with van der Waals surface area (Å²) in [5.74, 6) is -65.9. The van der Waals surface area contributed by atoms with Crippen LogP contribution in [0.3, 0.4) is 0 Å². The first-order valence-corrected chi connectivity index (χ1v) is 10.3. The highest BCUT2D eigenvalue weighted by atomic mass is 19.4. The van der Waals surface area contributed by atoms with Crippen molar-refractivity contribution in [2.45, 2.75) is 66.2 Å².